The first kappa shape index (κ1) is 5.16. The molecule has 0 amide bonds. The van der Waals surface area contributed by atoms with Crippen molar-refractivity contribution in [2.45, 2.75) is 0 Å². The summed E-state index contributed by atoms with van der Waals surface area (Å²) in [4.78, 5) is 3.87. The minimum atomic E-state index is 0.491. The fourth-order valence-corrected chi connectivity index (χ4v) is 0.634. The van der Waals surface area contributed by atoms with Gasteiger partial charge < -0.3 is 4.52 Å². The smallest absolute Gasteiger partial charge is 0.224 e. The van der Waals surface area contributed by atoms with Crippen molar-refractivity contribution >= 4 is 5.84 Å². The third kappa shape index (κ3) is 0.680. The molecule has 1 aromatic rings. The van der Waals surface area contributed by atoms with Crippen molar-refractivity contribution in [1.29, 1.82) is 0 Å². The van der Waals surface area contributed by atoms with Gasteiger partial charge in [0.05, 0.1) is 0 Å². The van der Waals surface area contributed by atoms with Gasteiger partial charge in [-0.15, -0.1) is 5.10 Å². The minimum absolute atomic E-state index is 0.491. The average Bonchev–Trinajstić information content (AvgIpc) is 2.59. The molecule has 2 rings (SSSR count). The SMILES string of the molecule is C1=CN=C(c2cnno2)[N]1. The maximum absolute atomic E-state index is 4.69. The monoisotopic (exact) mass is 135 g/mol. The number of aliphatic imine (C=N–C) groups is 1. The van der Waals surface area contributed by atoms with E-state index in [1.165, 1.54) is 6.20 Å². The van der Waals surface area contributed by atoms with E-state index in [4.69, 9.17) is 4.52 Å². The fourth-order valence-electron chi connectivity index (χ4n) is 0.634. The second-order valence-electron chi connectivity index (χ2n) is 1.66. The number of amidine groups is 1. The first-order valence-electron chi connectivity index (χ1n) is 2.68. The summed E-state index contributed by atoms with van der Waals surface area (Å²) in [6, 6.07) is 0. The van der Waals surface area contributed by atoms with Crippen LogP contribution in [0.2, 0.25) is 0 Å². The lowest BCUT2D eigenvalue weighted by Crippen LogP contribution is -2.05. The topological polar surface area (TPSA) is 65.4 Å². The molecule has 5 heteroatoms. The van der Waals surface area contributed by atoms with Crippen molar-refractivity contribution in [3.05, 3.63) is 24.4 Å². The largest absolute Gasteiger partial charge is 0.333 e. The van der Waals surface area contributed by atoms with Crippen LogP contribution in [-0.2, 0) is 0 Å². The minimum Gasteiger partial charge on any atom is -0.333 e. The fraction of sp³-hybridized carbons (Fsp3) is 0. The van der Waals surface area contributed by atoms with Crippen molar-refractivity contribution in [2.24, 2.45) is 4.99 Å². The van der Waals surface area contributed by atoms with Crippen LogP contribution in [0.1, 0.15) is 5.76 Å². The molecule has 1 aromatic heterocycles. The zero-order chi connectivity index (χ0) is 6.81. The molecule has 0 saturated heterocycles. The van der Waals surface area contributed by atoms with E-state index in [9.17, 15) is 0 Å². The molecule has 5 nitrogen and oxygen atoms in total. The van der Waals surface area contributed by atoms with E-state index in [0.29, 0.717) is 11.6 Å². The molecular formula is C5H3N4O. The van der Waals surface area contributed by atoms with E-state index in [1.807, 2.05) is 0 Å². The molecule has 0 spiro atoms. The summed E-state index contributed by atoms with van der Waals surface area (Å²) in [5.74, 6) is 1.01. The van der Waals surface area contributed by atoms with Crippen LogP contribution in [0.25, 0.3) is 0 Å². The van der Waals surface area contributed by atoms with Gasteiger partial charge in [-0.1, -0.05) is 0 Å². The quantitative estimate of drug-likeness (QED) is 0.540. The lowest BCUT2D eigenvalue weighted by Gasteiger charge is -1.87. The second-order valence-corrected chi connectivity index (χ2v) is 1.66. The summed E-state index contributed by atoms with van der Waals surface area (Å²) in [6.07, 6.45) is 4.63. The molecule has 2 heterocycles. The molecular weight excluding hydrogens is 132 g/mol. The lowest BCUT2D eigenvalue weighted by atomic mass is 10.5. The van der Waals surface area contributed by atoms with Crippen LogP contribution < -0.4 is 5.32 Å². The highest BCUT2D eigenvalue weighted by Crippen LogP contribution is 2.00. The lowest BCUT2D eigenvalue weighted by molar-refractivity contribution is 0.386. The zero-order valence-corrected chi connectivity index (χ0v) is 4.93. The van der Waals surface area contributed by atoms with E-state index in [-0.39, 0.29) is 0 Å². The maximum atomic E-state index is 4.69. The molecule has 0 bridgehead atoms. The van der Waals surface area contributed by atoms with Crippen molar-refractivity contribution in [3.63, 3.8) is 0 Å². The van der Waals surface area contributed by atoms with Crippen molar-refractivity contribution in [2.75, 3.05) is 0 Å². The Morgan fingerprint density at radius 3 is 2.90 bits per heavy atom. The van der Waals surface area contributed by atoms with E-state index < -0.39 is 0 Å². The number of rotatable bonds is 1. The Morgan fingerprint density at radius 1 is 1.30 bits per heavy atom. The zero-order valence-electron chi connectivity index (χ0n) is 4.93. The van der Waals surface area contributed by atoms with Crippen LogP contribution in [-0.4, -0.2) is 16.2 Å². The predicted molar refractivity (Wildman–Crippen MR) is 32.1 cm³/mol. The van der Waals surface area contributed by atoms with Crippen molar-refractivity contribution < 1.29 is 4.52 Å². The number of hydrogen-bond acceptors (Lipinski definition) is 4. The molecule has 0 saturated carbocycles. The molecule has 0 N–H and O–H groups in total. The Hall–Kier alpha value is -1.65. The first-order valence-corrected chi connectivity index (χ1v) is 2.68. The van der Waals surface area contributed by atoms with Crippen LogP contribution in [0, 0.1) is 0 Å². The Morgan fingerprint density at radius 2 is 2.30 bits per heavy atom. The Labute approximate surface area is 56.4 Å². The molecule has 0 fully saturated rings. The molecule has 1 radical (unpaired) electrons. The Bertz CT molecular complexity index is 274. The second kappa shape index (κ2) is 1.94. The predicted octanol–water partition coefficient (Wildman–Crippen LogP) is -0.0946. The van der Waals surface area contributed by atoms with Gasteiger partial charge in [-0.05, 0) is 0 Å². The summed E-state index contributed by atoms with van der Waals surface area (Å²) in [5, 5.41) is 10.6. The molecule has 1 aliphatic rings. The number of hydrogen-bond donors (Lipinski definition) is 0. The highest BCUT2D eigenvalue weighted by molar-refractivity contribution is 5.97. The van der Waals surface area contributed by atoms with Gasteiger partial charge in [-0.3, -0.25) is 0 Å². The van der Waals surface area contributed by atoms with E-state index in [0.717, 1.165) is 0 Å². The Kier molecular flexibility index (Phi) is 1.00. The van der Waals surface area contributed by atoms with Gasteiger partial charge in [0.1, 0.15) is 6.20 Å². The maximum Gasteiger partial charge on any atom is 0.224 e. The highest BCUT2D eigenvalue weighted by Gasteiger charge is 2.09. The highest BCUT2D eigenvalue weighted by atomic mass is 16.5. The van der Waals surface area contributed by atoms with Gasteiger partial charge in [-0.2, -0.15) is 0 Å². The molecule has 0 unspecified atom stereocenters. The van der Waals surface area contributed by atoms with Gasteiger partial charge in [0, 0.05) is 17.7 Å². The molecule has 0 atom stereocenters. The van der Waals surface area contributed by atoms with Gasteiger partial charge >= 0.3 is 0 Å². The molecule has 0 aromatic carbocycles. The molecule has 0 aliphatic carbocycles. The van der Waals surface area contributed by atoms with Crippen LogP contribution in [0.4, 0.5) is 0 Å². The van der Waals surface area contributed by atoms with E-state index >= 15 is 0 Å². The third-order valence-electron chi connectivity index (χ3n) is 1.04. The normalized spacial score (nSPS) is 15.0. The summed E-state index contributed by atoms with van der Waals surface area (Å²) >= 11 is 0. The van der Waals surface area contributed by atoms with Crippen LogP contribution in [0.5, 0.6) is 0 Å². The van der Waals surface area contributed by atoms with Crippen LogP contribution >= 0.6 is 0 Å². The van der Waals surface area contributed by atoms with Gasteiger partial charge in [0.2, 0.25) is 5.76 Å². The van der Waals surface area contributed by atoms with E-state index in [1.54, 1.807) is 12.4 Å². The van der Waals surface area contributed by atoms with Crippen molar-refractivity contribution in [1.82, 2.24) is 15.7 Å². The van der Waals surface area contributed by atoms with Crippen molar-refractivity contribution in [3.8, 4) is 0 Å². The van der Waals surface area contributed by atoms with E-state index in [2.05, 4.69) is 20.7 Å². The van der Waals surface area contributed by atoms with Gasteiger partial charge in [0.25, 0.3) is 0 Å². The molecule has 10 heavy (non-hydrogen) atoms. The average molecular weight is 135 g/mol. The summed E-state index contributed by atoms with van der Waals surface area (Å²) in [6.45, 7) is 0. The Balaban J connectivity index is 2.30. The molecule has 1 aliphatic heterocycles. The standard InChI is InChI=1S/C5H3N4O/c1-2-7-5(6-1)4-3-8-9-10-4/h1-3H. The molecule has 49 valence electrons. The summed E-state index contributed by atoms with van der Waals surface area (Å²) in [5.41, 5.74) is 0. The van der Waals surface area contributed by atoms with Crippen LogP contribution in [0.3, 0.4) is 0 Å². The van der Waals surface area contributed by atoms with Gasteiger partial charge in [0.15, 0.2) is 5.84 Å². The third-order valence-corrected chi connectivity index (χ3v) is 1.04. The first-order chi connectivity index (χ1) is 4.97. The number of nitrogens with zero attached hydrogens (tertiary/aromatic N) is 4. The van der Waals surface area contributed by atoms with Gasteiger partial charge in [-0.25, -0.2) is 10.3 Å². The summed E-state index contributed by atoms with van der Waals surface area (Å²) in [7, 11) is 0. The summed E-state index contributed by atoms with van der Waals surface area (Å²) < 4.78 is 4.69. The number of aromatic nitrogens is 2. The van der Waals surface area contributed by atoms with Crippen LogP contribution in [0.15, 0.2) is 28.1 Å².